The molecule has 0 unspecified atom stereocenters. The normalized spacial score (nSPS) is 10.9. The Morgan fingerprint density at radius 1 is 1.03 bits per heavy atom. The molecule has 2 rings (SSSR count). The number of amides is 1. The summed E-state index contributed by atoms with van der Waals surface area (Å²) < 4.78 is 17.0. The Morgan fingerprint density at radius 2 is 1.61 bits per heavy atom. The topological polar surface area (TPSA) is 95.9 Å². The highest BCUT2D eigenvalue weighted by Gasteiger charge is 2.21. The zero-order valence-electron chi connectivity index (χ0n) is 22.4. The van der Waals surface area contributed by atoms with E-state index in [1.165, 1.54) is 24.9 Å². The maximum atomic E-state index is 13.1. The van der Waals surface area contributed by atoms with Gasteiger partial charge in [-0.05, 0) is 44.1 Å². The van der Waals surface area contributed by atoms with Crippen molar-refractivity contribution in [2.45, 2.75) is 40.2 Å². The first-order valence-electron chi connectivity index (χ1n) is 11.4. The number of alkyl carbamates (subject to hydrolysis) is 1. The van der Waals surface area contributed by atoms with E-state index in [1.807, 2.05) is 13.8 Å². The lowest BCUT2D eigenvalue weighted by atomic mass is 9.99. The minimum Gasteiger partial charge on any atom is -0.495 e. The van der Waals surface area contributed by atoms with E-state index in [9.17, 15) is 14.4 Å². The molecule has 36 heavy (non-hydrogen) atoms. The summed E-state index contributed by atoms with van der Waals surface area (Å²) in [6.45, 7) is 16.7. The van der Waals surface area contributed by atoms with Crippen LogP contribution in [0.15, 0.2) is 47.9 Å². The first-order valence-corrected chi connectivity index (χ1v) is 11.4. The van der Waals surface area contributed by atoms with Crippen LogP contribution in [0.25, 0.3) is 29.4 Å². The van der Waals surface area contributed by atoms with E-state index in [2.05, 4.69) is 18.5 Å². The van der Waals surface area contributed by atoms with Crippen molar-refractivity contribution in [3.05, 3.63) is 70.3 Å². The highest BCUT2D eigenvalue weighted by Crippen LogP contribution is 2.33. The van der Waals surface area contributed by atoms with Crippen LogP contribution in [0.1, 0.15) is 51.4 Å². The second-order valence-electron chi connectivity index (χ2n) is 8.28. The summed E-state index contributed by atoms with van der Waals surface area (Å²) >= 11 is 0. The predicted molar refractivity (Wildman–Crippen MR) is 145 cm³/mol. The highest BCUT2D eigenvalue weighted by molar-refractivity contribution is 5.96. The van der Waals surface area contributed by atoms with Crippen LogP contribution in [-0.2, 0) is 21.3 Å². The quantitative estimate of drug-likeness (QED) is 0.407. The van der Waals surface area contributed by atoms with E-state index < -0.39 is 17.7 Å². The Labute approximate surface area is 212 Å². The molecule has 0 aliphatic rings. The molecule has 1 aromatic carbocycles. The van der Waals surface area contributed by atoms with Crippen molar-refractivity contribution < 1.29 is 23.8 Å². The van der Waals surface area contributed by atoms with Crippen molar-refractivity contribution in [1.82, 2.24) is 9.88 Å². The number of rotatable bonds is 7. The zero-order chi connectivity index (χ0) is 27.6. The van der Waals surface area contributed by atoms with E-state index in [0.29, 0.717) is 33.7 Å². The monoisotopic (exact) mass is 496 g/mol. The Morgan fingerprint density at radius 3 is 2.06 bits per heavy atom. The number of hydrogen-bond donors (Lipinski definition) is 1. The second kappa shape index (κ2) is 13.1. The van der Waals surface area contributed by atoms with E-state index in [1.54, 1.807) is 64.2 Å². The zero-order valence-corrected chi connectivity index (χ0v) is 22.4. The van der Waals surface area contributed by atoms with Gasteiger partial charge in [0.15, 0.2) is 0 Å². The summed E-state index contributed by atoms with van der Waals surface area (Å²) in [6, 6.07) is 6.83. The smallest absolute Gasteiger partial charge is 0.412 e. The molecule has 1 heterocycles. The van der Waals surface area contributed by atoms with Crippen LogP contribution in [0.4, 0.5) is 4.79 Å². The van der Waals surface area contributed by atoms with E-state index in [4.69, 9.17) is 14.2 Å². The number of carbonyl (C=O) groups excluding carboxylic acids is 2. The molecule has 8 heteroatoms. The highest BCUT2D eigenvalue weighted by atomic mass is 16.6. The summed E-state index contributed by atoms with van der Waals surface area (Å²) in [7, 11) is 4.35. The van der Waals surface area contributed by atoms with Gasteiger partial charge < -0.3 is 18.8 Å². The lowest BCUT2D eigenvalue weighted by Gasteiger charge is -2.20. The van der Waals surface area contributed by atoms with Crippen molar-refractivity contribution >= 4 is 30.3 Å². The largest absolute Gasteiger partial charge is 0.495 e. The maximum absolute atomic E-state index is 13.1. The number of pyridine rings is 1. The molecule has 0 radical (unpaired) electrons. The van der Waals surface area contributed by atoms with Crippen LogP contribution >= 0.6 is 0 Å². The van der Waals surface area contributed by atoms with Gasteiger partial charge in [-0.1, -0.05) is 57.3 Å². The van der Waals surface area contributed by atoms with Gasteiger partial charge in [0, 0.05) is 12.6 Å². The molecule has 194 valence electrons. The van der Waals surface area contributed by atoms with Crippen LogP contribution in [0.5, 0.6) is 5.75 Å². The first-order chi connectivity index (χ1) is 17.0. The summed E-state index contributed by atoms with van der Waals surface area (Å²) in [5.74, 6) is -0.348. The minimum absolute atomic E-state index is 0.0951. The van der Waals surface area contributed by atoms with Gasteiger partial charge in [-0.2, -0.15) is 0 Å². The Hall–Kier alpha value is -4.07. The van der Waals surface area contributed by atoms with Crippen molar-refractivity contribution in [2.75, 3.05) is 14.2 Å². The van der Waals surface area contributed by atoms with Gasteiger partial charge in [0.25, 0.3) is 5.56 Å². The Kier molecular flexibility index (Phi) is 10.9. The van der Waals surface area contributed by atoms with Crippen molar-refractivity contribution in [2.24, 2.45) is 7.05 Å². The van der Waals surface area contributed by atoms with Crippen LogP contribution in [0, 0.1) is 0 Å². The van der Waals surface area contributed by atoms with Crippen molar-refractivity contribution in [1.29, 1.82) is 0 Å². The molecule has 0 aliphatic heterocycles. The van der Waals surface area contributed by atoms with Crippen LogP contribution in [0.3, 0.4) is 0 Å². The van der Waals surface area contributed by atoms with Gasteiger partial charge in [0.1, 0.15) is 17.0 Å². The maximum Gasteiger partial charge on any atom is 0.412 e. The number of benzene rings is 1. The molecule has 0 fully saturated rings. The SMILES string of the molecule is C=Cc1c(OC)c(-c2ccc(/C=C(/NC(=O)OC(C)(C)C)C(=O)OC)cc2)c(=O)n(C)c1C=C.CC. The number of ether oxygens (including phenoxy) is 3. The molecule has 0 aliphatic carbocycles. The van der Waals surface area contributed by atoms with Gasteiger partial charge in [-0.15, -0.1) is 0 Å². The van der Waals surface area contributed by atoms with Gasteiger partial charge in [0.05, 0.1) is 25.5 Å². The fourth-order valence-corrected chi connectivity index (χ4v) is 3.30. The molecular weight excluding hydrogens is 460 g/mol. The number of nitrogens with one attached hydrogen (secondary N) is 1. The predicted octanol–water partition coefficient (Wildman–Crippen LogP) is 5.41. The molecule has 1 N–H and O–H groups in total. The van der Waals surface area contributed by atoms with E-state index in [0.717, 1.165) is 0 Å². The number of methoxy groups -OCH3 is 2. The van der Waals surface area contributed by atoms with E-state index in [-0.39, 0.29) is 11.3 Å². The fraction of sp³-hybridized carbons (Fsp3) is 0.321. The molecule has 0 atom stereocenters. The molecule has 8 nitrogen and oxygen atoms in total. The lowest BCUT2D eigenvalue weighted by molar-refractivity contribution is -0.136. The summed E-state index contributed by atoms with van der Waals surface area (Å²) in [5, 5.41) is 2.41. The minimum atomic E-state index is -0.784. The second-order valence-corrected chi connectivity index (χ2v) is 8.28. The lowest BCUT2D eigenvalue weighted by Crippen LogP contribution is -2.34. The molecule has 0 saturated carbocycles. The number of aromatic nitrogens is 1. The standard InChI is InChI=1S/C26H30N2O6.C2H6/c1-9-18-20(10-2)28(6)23(29)21(22(18)32-7)17-13-11-16(12-14-17)15-19(24(30)33-8)27-25(31)34-26(3,4)5;1-2/h9-15H,1-2H2,3-8H3,(H,27,31);1-2H3/b19-15+;. The molecular formula is C28H36N2O6. The summed E-state index contributed by atoms with van der Waals surface area (Å²) in [4.78, 5) is 37.4. The van der Waals surface area contributed by atoms with Crippen LogP contribution < -0.4 is 15.6 Å². The number of carbonyl (C=O) groups is 2. The number of esters is 1. The number of hydrogen-bond acceptors (Lipinski definition) is 6. The molecule has 0 saturated heterocycles. The molecule has 1 aromatic heterocycles. The Bertz CT molecular complexity index is 1200. The third kappa shape index (κ3) is 7.21. The van der Waals surface area contributed by atoms with Gasteiger partial charge in [-0.25, -0.2) is 9.59 Å². The van der Waals surface area contributed by atoms with Crippen LogP contribution in [-0.4, -0.2) is 36.5 Å². The molecule has 2 aromatic rings. The molecule has 0 bridgehead atoms. The van der Waals surface area contributed by atoms with Crippen molar-refractivity contribution in [3.8, 4) is 16.9 Å². The average Bonchev–Trinajstić information content (AvgIpc) is 2.84. The third-order valence-corrected chi connectivity index (χ3v) is 4.78. The van der Waals surface area contributed by atoms with E-state index >= 15 is 0 Å². The Balaban J connectivity index is 0.00000316. The average molecular weight is 497 g/mol. The summed E-state index contributed by atoms with van der Waals surface area (Å²) in [5.41, 5.74) is 1.70. The van der Waals surface area contributed by atoms with Gasteiger partial charge in [-0.3, -0.25) is 10.1 Å². The van der Waals surface area contributed by atoms with Crippen molar-refractivity contribution in [3.63, 3.8) is 0 Å². The number of nitrogens with zero attached hydrogens (tertiary/aromatic N) is 1. The van der Waals surface area contributed by atoms with Gasteiger partial charge in [0.2, 0.25) is 0 Å². The fourth-order valence-electron chi connectivity index (χ4n) is 3.30. The third-order valence-electron chi connectivity index (χ3n) is 4.78. The molecule has 0 spiro atoms. The van der Waals surface area contributed by atoms with Crippen LogP contribution in [0.2, 0.25) is 0 Å². The molecule has 1 amide bonds. The van der Waals surface area contributed by atoms with Gasteiger partial charge >= 0.3 is 12.1 Å². The first kappa shape index (κ1) is 30.0. The summed E-state index contributed by atoms with van der Waals surface area (Å²) in [6.07, 6.45) is 3.85.